The maximum atomic E-state index is 12.3. The van der Waals surface area contributed by atoms with E-state index in [1.54, 1.807) is 6.92 Å². The van der Waals surface area contributed by atoms with Gasteiger partial charge < -0.3 is 10.9 Å². The molecule has 7 heteroatoms. The van der Waals surface area contributed by atoms with E-state index in [9.17, 15) is 8.42 Å². The van der Waals surface area contributed by atoms with Crippen LogP contribution in [0.3, 0.4) is 0 Å². The van der Waals surface area contributed by atoms with Crippen LogP contribution in [-0.2, 0) is 10.0 Å². The number of hydrogen-bond acceptors (Lipinski definition) is 4. The second kappa shape index (κ2) is 5.68. The van der Waals surface area contributed by atoms with Crippen molar-refractivity contribution in [2.75, 3.05) is 7.05 Å². The molecule has 1 rings (SSSR count). The lowest BCUT2D eigenvalue weighted by atomic mass is 10.0. The van der Waals surface area contributed by atoms with Gasteiger partial charge in [0.1, 0.15) is 0 Å². The van der Waals surface area contributed by atoms with Crippen LogP contribution in [0, 0.1) is 0 Å². The minimum Gasteiger partial charge on any atom is -0.409 e. The zero-order valence-electron chi connectivity index (χ0n) is 10.3. The molecule has 17 heavy (non-hydrogen) atoms. The number of oxime groups is 1. The summed E-state index contributed by atoms with van der Waals surface area (Å²) in [6.07, 6.45) is 4.42. The van der Waals surface area contributed by atoms with Crippen LogP contribution in [-0.4, -0.2) is 42.1 Å². The number of sulfonamides is 1. The Balaban J connectivity index is 2.82. The van der Waals surface area contributed by atoms with Crippen LogP contribution in [0.2, 0.25) is 0 Å². The minimum absolute atomic E-state index is 0.0908. The Morgan fingerprint density at radius 1 is 1.41 bits per heavy atom. The number of rotatable bonds is 4. The van der Waals surface area contributed by atoms with Crippen molar-refractivity contribution < 1.29 is 13.6 Å². The fourth-order valence-corrected chi connectivity index (χ4v) is 4.04. The standard InChI is InChI=1S/C10H21N3O3S/c1-8(10(11)12-14)13(2)17(15,16)9-6-4-3-5-7-9/h8-9,14H,3-7H2,1-2H3,(H2,11,12). The van der Waals surface area contributed by atoms with E-state index in [0.29, 0.717) is 12.8 Å². The maximum Gasteiger partial charge on any atom is 0.217 e. The number of likely N-dealkylation sites (N-methyl/N-ethyl adjacent to an activating group) is 1. The SMILES string of the molecule is CC(C(N)=NO)N(C)S(=O)(=O)C1CCCCC1. The van der Waals surface area contributed by atoms with Crippen molar-refractivity contribution in [1.82, 2.24) is 4.31 Å². The van der Waals surface area contributed by atoms with Crippen LogP contribution >= 0.6 is 0 Å². The Morgan fingerprint density at radius 3 is 2.41 bits per heavy atom. The number of nitrogens with zero attached hydrogens (tertiary/aromatic N) is 2. The highest BCUT2D eigenvalue weighted by molar-refractivity contribution is 7.89. The summed E-state index contributed by atoms with van der Waals surface area (Å²) in [5.41, 5.74) is 5.44. The lowest BCUT2D eigenvalue weighted by Crippen LogP contribution is -2.47. The molecule has 0 bridgehead atoms. The lowest BCUT2D eigenvalue weighted by Gasteiger charge is -2.30. The summed E-state index contributed by atoms with van der Waals surface area (Å²) in [5.74, 6) is -0.0908. The maximum absolute atomic E-state index is 12.3. The molecule has 0 spiro atoms. The zero-order valence-corrected chi connectivity index (χ0v) is 11.2. The number of amidine groups is 1. The van der Waals surface area contributed by atoms with E-state index < -0.39 is 16.1 Å². The molecule has 0 amide bonds. The molecule has 6 nitrogen and oxygen atoms in total. The third kappa shape index (κ3) is 3.10. The first kappa shape index (κ1) is 14.2. The van der Waals surface area contributed by atoms with E-state index in [2.05, 4.69) is 5.16 Å². The monoisotopic (exact) mass is 263 g/mol. The summed E-state index contributed by atoms with van der Waals surface area (Å²) in [6.45, 7) is 1.61. The summed E-state index contributed by atoms with van der Waals surface area (Å²) < 4.78 is 25.8. The van der Waals surface area contributed by atoms with Crippen molar-refractivity contribution >= 4 is 15.9 Å². The van der Waals surface area contributed by atoms with Crippen LogP contribution in [0.5, 0.6) is 0 Å². The van der Waals surface area contributed by atoms with Crippen LogP contribution in [0.25, 0.3) is 0 Å². The molecule has 1 saturated carbocycles. The van der Waals surface area contributed by atoms with Crippen molar-refractivity contribution in [3.05, 3.63) is 0 Å². The van der Waals surface area contributed by atoms with Crippen molar-refractivity contribution in [2.24, 2.45) is 10.9 Å². The van der Waals surface area contributed by atoms with Crippen LogP contribution < -0.4 is 5.73 Å². The Labute approximate surface area is 103 Å². The molecule has 0 aromatic carbocycles. The highest BCUT2D eigenvalue weighted by Gasteiger charge is 2.34. The fourth-order valence-electron chi connectivity index (χ4n) is 2.09. The molecular formula is C10H21N3O3S. The first-order chi connectivity index (χ1) is 7.91. The van der Waals surface area contributed by atoms with Crippen LogP contribution in [0.15, 0.2) is 5.16 Å². The van der Waals surface area contributed by atoms with E-state index in [4.69, 9.17) is 10.9 Å². The molecule has 100 valence electrons. The average molecular weight is 263 g/mol. The second-order valence-electron chi connectivity index (χ2n) is 4.52. The van der Waals surface area contributed by atoms with Crippen molar-refractivity contribution in [2.45, 2.75) is 50.3 Å². The molecule has 0 radical (unpaired) electrons. The van der Waals surface area contributed by atoms with Crippen molar-refractivity contribution in [1.29, 1.82) is 0 Å². The van der Waals surface area contributed by atoms with Gasteiger partial charge in [0.15, 0.2) is 5.84 Å². The third-order valence-corrected chi connectivity index (χ3v) is 5.90. The number of hydrogen-bond donors (Lipinski definition) is 2. The second-order valence-corrected chi connectivity index (χ2v) is 6.79. The van der Waals surface area contributed by atoms with Crippen LogP contribution in [0.4, 0.5) is 0 Å². The van der Waals surface area contributed by atoms with Gasteiger partial charge in [0, 0.05) is 7.05 Å². The van der Waals surface area contributed by atoms with E-state index in [-0.39, 0.29) is 11.1 Å². The Kier molecular flexibility index (Phi) is 4.76. The molecular weight excluding hydrogens is 242 g/mol. The topological polar surface area (TPSA) is 96.0 Å². The summed E-state index contributed by atoms with van der Waals surface area (Å²) in [6, 6.07) is -0.619. The van der Waals surface area contributed by atoms with E-state index >= 15 is 0 Å². The van der Waals surface area contributed by atoms with Gasteiger partial charge in [-0.05, 0) is 19.8 Å². The molecule has 1 fully saturated rings. The summed E-state index contributed by atoms with van der Waals surface area (Å²) in [5, 5.41) is 11.1. The summed E-state index contributed by atoms with van der Waals surface area (Å²) >= 11 is 0. The molecule has 1 aliphatic rings. The first-order valence-electron chi connectivity index (χ1n) is 5.85. The summed E-state index contributed by atoms with van der Waals surface area (Å²) in [4.78, 5) is 0. The van der Waals surface area contributed by atoms with Gasteiger partial charge in [-0.25, -0.2) is 8.42 Å². The molecule has 0 aromatic rings. The Bertz CT molecular complexity index is 374. The van der Waals surface area contributed by atoms with E-state index in [1.807, 2.05) is 0 Å². The van der Waals surface area contributed by atoms with Crippen molar-refractivity contribution in [3.8, 4) is 0 Å². The Morgan fingerprint density at radius 2 is 1.94 bits per heavy atom. The van der Waals surface area contributed by atoms with Gasteiger partial charge in [0.25, 0.3) is 0 Å². The van der Waals surface area contributed by atoms with Gasteiger partial charge in [-0.3, -0.25) is 0 Å². The lowest BCUT2D eigenvalue weighted by molar-refractivity contribution is 0.311. The van der Waals surface area contributed by atoms with Crippen molar-refractivity contribution in [3.63, 3.8) is 0 Å². The molecule has 0 heterocycles. The van der Waals surface area contributed by atoms with Gasteiger partial charge >= 0.3 is 0 Å². The smallest absolute Gasteiger partial charge is 0.217 e. The van der Waals surface area contributed by atoms with Gasteiger partial charge in [0.2, 0.25) is 10.0 Å². The molecule has 1 atom stereocenters. The highest BCUT2D eigenvalue weighted by Crippen LogP contribution is 2.26. The predicted octanol–water partition coefficient (Wildman–Crippen LogP) is 0.716. The molecule has 0 saturated heterocycles. The predicted molar refractivity (Wildman–Crippen MR) is 66.4 cm³/mol. The molecule has 0 aromatic heterocycles. The van der Waals surface area contributed by atoms with Gasteiger partial charge in [-0.2, -0.15) is 4.31 Å². The first-order valence-corrected chi connectivity index (χ1v) is 7.36. The largest absolute Gasteiger partial charge is 0.409 e. The van der Waals surface area contributed by atoms with E-state index in [0.717, 1.165) is 19.3 Å². The normalized spacial score (nSPS) is 21.7. The number of nitrogens with two attached hydrogens (primary N) is 1. The van der Waals surface area contributed by atoms with E-state index in [1.165, 1.54) is 11.4 Å². The van der Waals surface area contributed by atoms with Crippen LogP contribution in [0.1, 0.15) is 39.0 Å². The third-order valence-electron chi connectivity index (χ3n) is 3.46. The minimum atomic E-state index is -3.36. The average Bonchev–Trinajstić information content (AvgIpc) is 2.37. The molecule has 0 aliphatic heterocycles. The Hall–Kier alpha value is -0.820. The highest BCUT2D eigenvalue weighted by atomic mass is 32.2. The van der Waals surface area contributed by atoms with Gasteiger partial charge in [0.05, 0.1) is 11.3 Å². The molecule has 1 unspecified atom stereocenters. The van der Waals surface area contributed by atoms with Gasteiger partial charge in [-0.1, -0.05) is 24.4 Å². The molecule has 3 N–H and O–H groups in total. The zero-order chi connectivity index (χ0) is 13.1. The van der Waals surface area contributed by atoms with Gasteiger partial charge in [-0.15, -0.1) is 0 Å². The molecule has 1 aliphatic carbocycles. The summed E-state index contributed by atoms with van der Waals surface area (Å²) in [7, 11) is -1.88. The fraction of sp³-hybridized carbons (Fsp3) is 0.900. The quantitative estimate of drug-likeness (QED) is 0.338.